The van der Waals surface area contributed by atoms with Gasteiger partial charge in [0.25, 0.3) is 0 Å². The number of hydrogen-bond acceptors (Lipinski definition) is 4. The second-order valence-corrected chi connectivity index (χ2v) is 4.77. The molecule has 1 unspecified atom stereocenters. The lowest BCUT2D eigenvalue weighted by molar-refractivity contribution is -0.147. The van der Waals surface area contributed by atoms with Crippen LogP contribution in [0, 0.1) is 12.3 Å². The summed E-state index contributed by atoms with van der Waals surface area (Å²) in [6.07, 6.45) is 7.16. The van der Waals surface area contributed by atoms with Crippen molar-refractivity contribution >= 4 is 11.8 Å². The zero-order chi connectivity index (χ0) is 13.7. The van der Waals surface area contributed by atoms with Crippen molar-refractivity contribution in [1.29, 1.82) is 0 Å². The number of rotatable bonds is 5. The van der Waals surface area contributed by atoms with Crippen molar-refractivity contribution in [1.82, 2.24) is 15.5 Å². The maximum Gasteiger partial charge on any atom is 0.245 e. The standard InChI is InChI=1S/C13H19N3O3/c1-2-5-14-8-12(17)16-6-7-19-9-11(16)13(18)15-10-3-4-10/h1,10-11,14H,3-9H2,(H,15,18). The molecule has 2 amide bonds. The highest BCUT2D eigenvalue weighted by Crippen LogP contribution is 2.19. The maximum absolute atomic E-state index is 12.1. The van der Waals surface area contributed by atoms with Crippen LogP contribution in [0.3, 0.4) is 0 Å². The van der Waals surface area contributed by atoms with Gasteiger partial charge in [-0.2, -0.15) is 0 Å². The number of terminal acetylenes is 1. The molecule has 6 heteroatoms. The van der Waals surface area contributed by atoms with E-state index in [1.165, 1.54) is 0 Å². The first-order valence-electron chi connectivity index (χ1n) is 6.54. The number of carbonyl (C=O) groups excluding carboxylic acids is 2. The molecule has 19 heavy (non-hydrogen) atoms. The van der Waals surface area contributed by atoms with E-state index in [1.807, 2.05) is 0 Å². The SMILES string of the molecule is C#CCNCC(=O)N1CCOCC1C(=O)NC1CC1. The fourth-order valence-corrected chi connectivity index (χ4v) is 1.99. The third kappa shape index (κ3) is 3.94. The number of ether oxygens (including phenoxy) is 1. The monoisotopic (exact) mass is 265 g/mol. The van der Waals surface area contributed by atoms with E-state index < -0.39 is 6.04 Å². The zero-order valence-corrected chi connectivity index (χ0v) is 10.9. The van der Waals surface area contributed by atoms with Gasteiger partial charge < -0.3 is 15.0 Å². The summed E-state index contributed by atoms with van der Waals surface area (Å²) in [5.74, 6) is 2.17. The molecule has 1 atom stereocenters. The van der Waals surface area contributed by atoms with Crippen molar-refractivity contribution < 1.29 is 14.3 Å². The fourth-order valence-electron chi connectivity index (χ4n) is 1.99. The molecule has 0 radical (unpaired) electrons. The molecule has 0 aromatic rings. The molecule has 0 aromatic carbocycles. The minimum absolute atomic E-state index is 0.116. The predicted molar refractivity (Wildman–Crippen MR) is 69.2 cm³/mol. The van der Waals surface area contributed by atoms with Crippen LogP contribution in [-0.4, -0.2) is 61.6 Å². The van der Waals surface area contributed by atoms with Crippen LogP contribution in [0.1, 0.15) is 12.8 Å². The molecule has 1 saturated heterocycles. The molecule has 1 saturated carbocycles. The normalized spacial score (nSPS) is 22.7. The highest BCUT2D eigenvalue weighted by molar-refractivity contribution is 5.89. The summed E-state index contributed by atoms with van der Waals surface area (Å²) in [7, 11) is 0. The van der Waals surface area contributed by atoms with Gasteiger partial charge in [-0.15, -0.1) is 6.42 Å². The third-order valence-corrected chi connectivity index (χ3v) is 3.18. The maximum atomic E-state index is 12.1. The van der Waals surface area contributed by atoms with E-state index in [1.54, 1.807) is 4.90 Å². The molecule has 1 aliphatic carbocycles. The highest BCUT2D eigenvalue weighted by atomic mass is 16.5. The van der Waals surface area contributed by atoms with Crippen molar-refractivity contribution in [3.63, 3.8) is 0 Å². The van der Waals surface area contributed by atoms with Crippen molar-refractivity contribution in [3.8, 4) is 12.3 Å². The topological polar surface area (TPSA) is 70.7 Å². The van der Waals surface area contributed by atoms with E-state index in [9.17, 15) is 9.59 Å². The Balaban J connectivity index is 1.88. The smallest absolute Gasteiger partial charge is 0.245 e. The Labute approximate surface area is 112 Å². The Hall–Kier alpha value is -1.58. The quantitative estimate of drug-likeness (QED) is 0.479. The van der Waals surface area contributed by atoms with E-state index in [2.05, 4.69) is 16.6 Å². The minimum atomic E-state index is -0.519. The van der Waals surface area contributed by atoms with Crippen LogP contribution in [0.15, 0.2) is 0 Å². The van der Waals surface area contributed by atoms with Crippen LogP contribution < -0.4 is 10.6 Å². The van der Waals surface area contributed by atoms with Gasteiger partial charge in [-0.25, -0.2) is 0 Å². The zero-order valence-electron chi connectivity index (χ0n) is 10.9. The molecule has 1 aliphatic heterocycles. The lowest BCUT2D eigenvalue weighted by Crippen LogP contribution is -2.57. The van der Waals surface area contributed by atoms with Gasteiger partial charge in [0.05, 0.1) is 26.3 Å². The van der Waals surface area contributed by atoms with Crippen LogP contribution in [-0.2, 0) is 14.3 Å². The number of nitrogens with one attached hydrogen (secondary N) is 2. The van der Waals surface area contributed by atoms with Crippen molar-refractivity contribution in [2.75, 3.05) is 32.8 Å². The van der Waals surface area contributed by atoms with Crippen LogP contribution in [0.4, 0.5) is 0 Å². The van der Waals surface area contributed by atoms with Crippen molar-refractivity contribution in [2.24, 2.45) is 0 Å². The van der Waals surface area contributed by atoms with Gasteiger partial charge in [-0.1, -0.05) is 5.92 Å². The Kier molecular flexibility index (Phi) is 4.77. The number of amides is 2. The first-order valence-corrected chi connectivity index (χ1v) is 6.54. The van der Waals surface area contributed by atoms with Gasteiger partial charge in [0.2, 0.25) is 11.8 Å². The van der Waals surface area contributed by atoms with E-state index in [-0.39, 0.29) is 31.0 Å². The average molecular weight is 265 g/mol. The van der Waals surface area contributed by atoms with Crippen LogP contribution in [0.5, 0.6) is 0 Å². The van der Waals surface area contributed by atoms with Gasteiger partial charge in [0.1, 0.15) is 6.04 Å². The van der Waals surface area contributed by atoms with Crippen LogP contribution >= 0.6 is 0 Å². The van der Waals surface area contributed by atoms with E-state index in [0.717, 1.165) is 12.8 Å². The van der Waals surface area contributed by atoms with Crippen LogP contribution in [0.2, 0.25) is 0 Å². The summed E-state index contributed by atoms with van der Waals surface area (Å²) in [5, 5.41) is 5.76. The average Bonchev–Trinajstić information content (AvgIpc) is 3.23. The Morgan fingerprint density at radius 2 is 2.21 bits per heavy atom. The number of nitrogens with zero attached hydrogens (tertiary/aromatic N) is 1. The van der Waals surface area contributed by atoms with E-state index >= 15 is 0 Å². The molecule has 104 valence electrons. The van der Waals surface area contributed by atoms with Crippen molar-refractivity contribution in [2.45, 2.75) is 24.9 Å². The number of morpholine rings is 1. The summed E-state index contributed by atoms with van der Waals surface area (Å²) in [5.41, 5.74) is 0. The lowest BCUT2D eigenvalue weighted by Gasteiger charge is -2.34. The first-order chi connectivity index (χ1) is 9.22. The summed E-state index contributed by atoms with van der Waals surface area (Å²) >= 11 is 0. The van der Waals surface area contributed by atoms with Gasteiger partial charge in [0, 0.05) is 12.6 Å². The van der Waals surface area contributed by atoms with Gasteiger partial charge in [-0.05, 0) is 12.8 Å². The number of carbonyl (C=O) groups is 2. The highest BCUT2D eigenvalue weighted by Gasteiger charge is 2.35. The summed E-state index contributed by atoms with van der Waals surface area (Å²) in [6.45, 7) is 1.67. The Morgan fingerprint density at radius 3 is 2.89 bits per heavy atom. The van der Waals surface area contributed by atoms with E-state index in [4.69, 9.17) is 11.2 Å². The molecule has 0 spiro atoms. The predicted octanol–water partition coefficient (Wildman–Crippen LogP) is -1.28. The molecular formula is C13H19N3O3. The molecule has 1 heterocycles. The van der Waals surface area contributed by atoms with Gasteiger partial charge in [0.15, 0.2) is 0 Å². The minimum Gasteiger partial charge on any atom is -0.377 e. The fraction of sp³-hybridized carbons (Fsp3) is 0.692. The lowest BCUT2D eigenvalue weighted by atomic mass is 10.2. The number of hydrogen-bond donors (Lipinski definition) is 2. The first kappa shape index (κ1) is 13.8. The Bertz CT molecular complexity index is 387. The second kappa shape index (κ2) is 6.55. The molecular weight excluding hydrogens is 246 g/mol. The second-order valence-electron chi connectivity index (χ2n) is 4.77. The van der Waals surface area contributed by atoms with E-state index in [0.29, 0.717) is 19.7 Å². The molecule has 2 rings (SSSR count). The summed E-state index contributed by atoms with van der Waals surface area (Å²) < 4.78 is 5.30. The largest absolute Gasteiger partial charge is 0.377 e. The Morgan fingerprint density at radius 1 is 1.42 bits per heavy atom. The van der Waals surface area contributed by atoms with Crippen molar-refractivity contribution in [3.05, 3.63) is 0 Å². The molecule has 0 bridgehead atoms. The van der Waals surface area contributed by atoms with Crippen LogP contribution in [0.25, 0.3) is 0 Å². The summed E-state index contributed by atoms with van der Waals surface area (Å²) in [6, 6.07) is -0.236. The molecule has 2 aliphatic rings. The molecule has 2 N–H and O–H groups in total. The summed E-state index contributed by atoms with van der Waals surface area (Å²) in [4.78, 5) is 25.7. The third-order valence-electron chi connectivity index (χ3n) is 3.18. The van der Waals surface area contributed by atoms with Gasteiger partial charge >= 0.3 is 0 Å². The molecule has 2 fully saturated rings. The molecule has 6 nitrogen and oxygen atoms in total. The molecule has 0 aromatic heterocycles. The van der Waals surface area contributed by atoms with Gasteiger partial charge in [-0.3, -0.25) is 14.9 Å².